The van der Waals surface area contributed by atoms with Crippen molar-refractivity contribution in [2.75, 3.05) is 19.8 Å². The molecular weight excluding hydrogens is 348 g/mol. The summed E-state index contributed by atoms with van der Waals surface area (Å²) in [6.07, 6.45) is 2.65. The molecule has 0 aliphatic rings. The first-order valence-electron chi connectivity index (χ1n) is 9.08. The van der Waals surface area contributed by atoms with E-state index in [9.17, 15) is 0 Å². The second-order valence-electron chi connectivity index (χ2n) is 5.64. The molecule has 0 bridgehead atoms. The Bertz CT molecular complexity index is 703. The van der Waals surface area contributed by atoms with E-state index in [2.05, 4.69) is 28.7 Å². The lowest BCUT2D eigenvalue weighted by atomic mass is 10.1. The maximum atomic E-state index is 5.67. The van der Waals surface area contributed by atoms with Crippen LogP contribution in [0.5, 0.6) is 11.5 Å². The molecule has 0 fully saturated rings. The average Bonchev–Trinajstić information content (AvgIpc) is 3.10. The lowest BCUT2D eigenvalue weighted by Crippen LogP contribution is -2.36. The van der Waals surface area contributed by atoms with Crippen molar-refractivity contribution < 1.29 is 9.47 Å². The van der Waals surface area contributed by atoms with E-state index >= 15 is 0 Å². The number of nitrogens with zero attached hydrogens (tertiary/aromatic N) is 2. The molecule has 0 aliphatic heterocycles. The van der Waals surface area contributed by atoms with Gasteiger partial charge in [0.25, 0.3) is 0 Å². The molecule has 0 unspecified atom stereocenters. The number of ether oxygens (including phenoxy) is 2. The van der Waals surface area contributed by atoms with Crippen LogP contribution in [-0.4, -0.2) is 34.7 Å². The first-order chi connectivity index (χ1) is 12.7. The third-order valence-electron chi connectivity index (χ3n) is 3.84. The van der Waals surface area contributed by atoms with Crippen molar-refractivity contribution in [2.24, 2.45) is 0 Å². The Morgan fingerprint density at radius 3 is 2.58 bits per heavy atom. The molecule has 0 saturated carbocycles. The van der Waals surface area contributed by atoms with E-state index in [4.69, 9.17) is 21.7 Å². The van der Waals surface area contributed by atoms with Gasteiger partial charge in [-0.25, -0.2) is 0 Å². The summed E-state index contributed by atoms with van der Waals surface area (Å²) >= 11 is 5.35. The smallest absolute Gasteiger partial charge is 0.166 e. The Morgan fingerprint density at radius 2 is 1.85 bits per heavy atom. The number of aryl methyl sites for hydroxylation is 1. The van der Waals surface area contributed by atoms with Gasteiger partial charge >= 0.3 is 0 Å². The van der Waals surface area contributed by atoms with Crippen molar-refractivity contribution in [1.29, 1.82) is 0 Å². The van der Waals surface area contributed by atoms with Crippen molar-refractivity contribution in [3.8, 4) is 11.5 Å². The summed E-state index contributed by atoms with van der Waals surface area (Å²) in [6.45, 7) is 9.51. The SMILES string of the molecule is CCOc1ccc(CCNC(=S)NCc2ccnn2CC)cc1OCC. The average molecular weight is 377 g/mol. The van der Waals surface area contributed by atoms with Gasteiger partial charge in [0, 0.05) is 19.3 Å². The fraction of sp³-hybridized carbons (Fsp3) is 0.474. The molecule has 1 aromatic heterocycles. The summed E-state index contributed by atoms with van der Waals surface area (Å²) < 4.78 is 13.2. The summed E-state index contributed by atoms with van der Waals surface area (Å²) in [4.78, 5) is 0. The number of hydrogen-bond donors (Lipinski definition) is 2. The summed E-state index contributed by atoms with van der Waals surface area (Å²) in [6, 6.07) is 8.05. The van der Waals surface area contributed by atoms with Crippen molar-refractivity contribution in [1.82, 2.24) is 20.4 Å². The van der Waals surface area contributed by atoms with Crippen LogP contribution in [0.3, 0.4) is 0 Å². The largest absolute Gasteiger partial charge is 0.490 e. The molecule has 1 heterocycles. The summed E-state index contributed by atoms with van der Waals surface area (Å²) in [5.41, 5.74) is 2.29. The molecule has 0 saturated heterocycles. The lowest BCUT2D eigenvalue weighted by Gasteiger charge is -2.14. The van der Waals surface area contributed by atoms with E-state index in [-0.39, 0.29) is 0 Å². The minimum atomic E-state index is 0.615. The van der Waals surface area contributed by atoms with Gasteiger partial charge in [0.1, 0.15) is 0 Å². The standard InChI is InChI=1S/C19H28N4O2S/c1-4-23-16(10-12-22-23)14-21-19(26)20-11-9-15-7-8-17(24-5-2)18(13-15)25-6-3/h7-8,10,12-13H,4-6,9,11,14H2,1-3H3,(H2,20,21,26). The quantitative estimate of drug-likeness (QED) is 0.622. The second-order valence-corrected chi connectivity index (χ2v) is 6.05. The van der Waals surface area contributed by atoms with Crippen LogP contribution in [0.2, 0.25) is 0 Å². The molecule has 0 radical (unpaired) electrons. The highest BCUT2D eigenvalue weighted by molar-refractivity contribution is 7.80. The Balaban J connectivity index is 1.79. The topological polar surface area (TPSA) is 60.3 Å². The Morgan fingerprint density at radius 1 is 1.08 bits per heavy atom. The predicted molar refractivity (Wildman–Crippen MR) is 108 cm³/mol. The van der Waals surface area contributed by atoms with E-state index in [1.165, 1.54) is 5.56 Å². The number of aromatic nitrogens is 2. The van der Waals surface area contributed by atoms with Crippen LogP contribution in [0, 0.1) is 0 Å². The molecule has 0 spiro atoms. The van der Waals surface area contributed by atoms with Crippen LogP contribution in [0.4, 0.5) is 0 Å². The second kappa shape index (κ2) is 10.7. The minimum absolute atomic E-state index is 0.615. The van der Waals surface area contributed by atoms with Crippen molar-refractivity contribution in [2.45, 2.75) is 40.3 Å². The molecular formula is C19H28N4O2S. The predicted octanol–water partition coefficient (Wildman–Crippen LogP) is 2.91. The van der Waals surface area contributed by atoms with Gasteiger partial charge in [-0.05, 0) is 63.2 Å². The molecule has 0 aliphatic carbocycles. The first-order valence-corrected chi connectivity index (χ1v) is 9.49. The molecule has 6 nitrogen and oxygen atoms in total. The highest BCUT2D eigenvalue weighted by Gasteiger charge is 2.07. The van der Waals surface area contributed by atoms with Gasteiger partial charge in [-0.15, -0.1) is 0 Å². The molecule has 142 valence electrons. The van der Waals surface area contributed by atoms with Crippen LogP contribution >= 0.6 is 12.2 Å². The van der Waals surface area contributed by atoms with Crippen LogP contribution in [0.25, 0.3) is 0 Å². The monoisotopic (exact) mass is 376 g/mol. The zero-order chi connectivity index (χ0) is 18.8. The molecule has 7 heteroatoms. The van der Waals surface area contributed by atoms with Crippen molar-refractivity contribution in [3.05, 3.63) is 41.7 Å². The summed E-state index contributed by atoms with van der Waals surface area (Å²) in [5, 5.41) is 11.4. The molecule has 2 rings (SSSR count). The highest BCUT2D eigenvalue weighted by atomic mass is 32.1. The molecule has 0 amide bonds. The lowest BCUT2D eigenvalue weighted by molar-refractivity contribution is 0.287. The molecule has 0 atom stereocenters. The molecule has 26 heavy (non-hydrogen) atoms. The van der Waals surface area contributed by atoms with Gasteiger partial charge in [-0.2, -0.15) is 5.10 Å². The van der Waals surface area contributed by atoms with Gasteiger partial charge in [-0.3, -0.25) is 4.68 Å². The minimum Gasteiger partial charge on any atom is -0.490 e. The van der Waals surface area contributed by atoms with Crippen molar-refractivity contribution in [3.63, 3.8) is 0 Å². The fourth-order valence-electron chi connectivity index (χ4n) is 2.60. The van der Waals surface area contributed by atoms with Gasteiger partial charge < -0.3 is 20.1 Å². The third-order valence-corrected chi connectivity index (χ3v) is 4.13. The van der Waals surface area contributed by atoms with Crippen LogP contribution < -0.4 is 20.1 Å². The maximum Gasteiger partial charge on any atom is 0.166 e. The van der Waals surface area contributed by atoms with Crippen LogP contribution in [-0.2, 0) is 19.5 Å². The number of thiocarbonyl (C=S) groups is 1. The number of hydrogen-bond acceptors (Lipinski definition) is 4. The van der Waals surface area contributed by atoms with Gasteiger partial charge in [0.15, 0.2) is 16.6 Å². The van der Waals surface area contributed by atoms with E-state index in [1.807, 2.05) is 36.7 Å². The Labute approximate surface area is 160 Å². The van der Waals surface area contributed by atoms with Gasteiger partial charge in [0.05, 0.1) is 25.5 Å². The van der Waals surface area contributed by atoms with E-state index in [1.54, 1.807) is 6.20 Å². The zero-order valence-corrected chi connectivity index (χ0v) is 16.6. The molecule has 2 aromatic rings. The highest BCUT2D eigenvalue weighted by Crippen LogP contribution is 2.28. The fourth-order valence-corrected chi connectivity index (χ4v) is 2.77. The maximum absolute atomic E-state index is 5.67. The zero-order valence-electron chi connectivity index (χ0n) is 15.7. The summed E-state index contributed by atoms with van der Waals surface area (Å²) in [5.74, 6) is 1.58. The number of nitrogens with one attached hydrogen (secondary N) is 2. The van der Waals surface area contributed by atoms with E-state index in [0.29, 0.717) is 24.9 Å². The third kappa shape index (κ3) is 5.91. The van der Waals surface area contributed by atoms with Crippen LogP contribution in [0.15, 0.2) is 30.5 Å². The molecule has 1 aromatic carbocycles. The first kappa shape index (κ1) is 20.0. The number of rotatable bonds is 10. The number of benzene rings is 1. The van der Waals surface area contributed by atoms with Crippen molar-refractivity contribution >= 4 is 17.3 Å². The Kier molecular flexibility index (Phi) is 8.21. The van der Waals surface area contributed by atoms with Crippen LogP contribution in [0.1, 0.15) is 32.0 Å². The Hall–Kier alpha value is -2.28. The van der Waals surface area contributed by atoms with E-state index < -0.39 is 0 Å². The van der Waals surface area contributed by atoms with E-state index in [0.717, 1.165) is 36.7 Å². The van der Waals surface area contributed by atoms with Gasteiger partial charge in [-0.1, -0.05) is 6.07 Å². The van der Waals surface area contributed by atoms with Gasteiger partial charge in [0.2, 0.25) is 0 Å². The molecule has 2 N–H and O–H groups in total. The normalized spacial score (nSPS) is 10.4. The summed E-state index contributed by atoms with van der Waals surface area (Å²) in [7, 11) is 0.